The lowest BCUT2D eigenvalue weighted by Gasteiger charge is -2.14. The lowest BCUT2D eigenvalue weighted by atomic mass is 10.0. The second-order valence-corrected chi connectivity index (χ2v) is 3.55. The molecular weight excluding hydrogens is 228 g/mol. The van der Waals surface area contributed by atoms with Crippen LogP contribution in [0.25, 0.3) is 0 Å². The van der Waals surface area contributed by atoms with Crippen LogP contribution in [0.4, 0.5) is 5.69 Å². The molecule has 0 bridgehead atoms. The number of non-ortho nitro benzene ring substituents is 1. The van der Waals surface area contributed by atoms with E-state index in [4.69, 9.17) is 0 Å². The average Bonchev–Trinajstić information content (AvgIpc) is 2.29. The summed E-state index contributed by atoms with van der Waals surface area (Å²) in [5.74, 6) is 0. The highest BCUT2D eigenvalue weighted by atomic mass is 16.6. The van der Waals surface area contributed by atoms with Crippen LogP contribution in [0, 0.1) is 20.2 Å². The van der Waals surface area contributed by atoms with Gasteiger partial charge in [-0.05, 0) is 17.7 Å². The molecule has 1 rings (SSSR count). The smallest absolute Gasteiger partial charge is 0.269 e. The summed E-state index contributed by atoms with van der Waals surface area (Å²) < 4.78 is 0. The third-order valence-electron chi connectivity index (χ3n) is 2.50. The van der Waals surface area contributed by atoms with Crippen LogP contribution in [0.1, 0.15) is 25.0 Å². The Morgan fingerprint density at radius 1 is 1.24 bits per heavy atom. The predicted octanol–water partition coefficient (Wildman–Crippen LogP) is 1.68. The molecule has 2 atom stereocenters. The summed E-state index contributed by atoms with van der Waals surface area (Å²) in [6.07, 6.45) is -1.07. The van der Waals surface area contributed by atoms with Gasteiger partial charge in [-0.2, -0.15) is 0 Å². The molecule has 7 nitrogen and oxygen atoms in total. The molecule has 92 valence electrons. The van der Waals surface area contributed by atoms with Gasteiger partial charge >= 0.3 is 0 Å². The quantitative estimate of drug-likeness (QED) is 0.622. The molecule has 0 amide bonds. The lowest BCUT2D eigenvalue weighted by Crippen LogP contribution is -2.26. The third kappa shape index (κ3) is 2.97. The standard InChI is InChI=1S/C10H12N2O5/c1-2-9(12(16)17)10(13)7-3-5-8(6-4-7)11(14)15/h3-6,9-10,13H,2H2,1H3/t9-,10+/m1/s1. The Morgan fingerprint density at radius 3 is 2.12 bits per heavy atom. The van der Waals surface area contributed by atoms with Gasteiger partial charge in [0.1, 0.15) is 6.10 Å². The number of benzene rings is 1. The molecular formula is C10H12N2O5. The second-order valence-electron chi connectivity index (χ2n) is 3.55. The van der Waals surface area contributed by atoms with Crippen LogP contribution in [-0.2, 0) is 0 Å². The van der Waals surface area contributed by atoms with E-state index >= 15 is 0 Å². The van der Waals surface area contributed by atoms with Crippen molar-refractivity contribution in [1.29, 1.82) is 0 Å². The SMILES string of the molecule is CC[C@H]([C@@H](O)c1ccc([N+](=O)[O-])cc1)[N+](=O)[O-]. The molecule has 1 aromatic carbocycles. The van der Waals surface area contributed by atoms with Crippen LogP contribution >= 0.6 is 0 Å². The van der Waals surface area contributed by atoms with Gasteiger partial charge < -0.3 is 5.11 Å². The zero-order valence-electron chi connectivity index (χ0n) is 9.15. The maximum atomic E-state index is 10.7. The fraction of sp³-hybridized carbons (Fsp3) is 0.400. The second kappa shape index (κ2) is 5.35. The van der Waals surface area contributed by atoms with Crippen LogP contribution in [0.3, 0.4) is 0 Å². The Morgan fingerprint density at radius 2 is 1.76 bits per heavy atom. The van der Waals surface area contributed by atoms with E-state index in [1.807, 2.05) is 0 Å². The average molecular weight is 240 g/mol. The van der Waals surface area contributed by atoms with Gasteiger partial charge in [-0.25, -0.2) is 0 Å². The predicted molar refractivity (Wildman–Crippen MR) is 59.1 cm³/mol. The maximum Gasteiger partial charge on any atom is 0.269 e. The van der Waals surface area contributed by atoms with Gasteiger partial charge in [-0.15, -0.1) is 0 Å². The zero-order chi connectivity index (χ0) is 13.0. The van der Waals surface area contributed by atoms with Gasteiger partial charge in [-0.1, -0.05) is 6.92 Å². The Kier molecular flexibility index (Phi) is 4.11. The Labute approximate surface area is 97.0 Å². The number of rotatable bonds is 5. The molecule has 0 fully saturated rings. The van der Waals surface area contributed by atoms with Crippen LogP contribution in [-0.4, -0.2) is 21.0 Å². The van der Waals surface area contributed by atoms with Crippen LogP contribution in [0.5, 0.6) is 0 Å². The number of aliphatic hydroxyl groups excluding tert-OH is 1. The molecule has 0 saturated carbocycles. The molecule has 17 heavy (non-hydrogen) atoms. The fourth-order valence-electron chi connectivity index (χ4n) is 1.50. The highest BCUT2D eigenvalue weighted by molar-refractivity contribution is 5.34. The molecule has 0 aliphatic heterocycles. The normalized spacial score (nSPS) is 14.0. The molecule has 7 heteroatoms. The summed E-state index contributed by atoms with van der Waals surface area (Å²) in [5, 5.41) is 30.8. The number of nitro benzene ring substituents is 1. The highest BCUT2D eigenvalue weighted by Crippen LogP contribution is 2.23. The first-order valence-electron chi connectivity index (χ1n) is 5.03. The summed E-state index contributed by atoms with van der Waals surface area (Å²) in [6.45, 7) is 1.60. The van der Waals surface area contributed by atoms with Crippen molar-refractivity contribution in [3.63, 3.8) is 0 Å². The van der Waals surface area contributed by atoms with Crippen LogP contribution < -0.4 is 0 Å². The van der Waals surface area contributed by atoms with Gasteiger partial charge in [0.25, 0.3) is 5.69 Å². The third-order valence-corrected chi connectivity index (χ3v) is 2.50. The van der Waals surface area contributed by atoms with E-state index in [0.717, 1.165) is 0 Å². The Bertz CT molecular complexity index is 417. The number of hydrogen-bond acceptors (Lipinski definition) is 5. The molecule has 1 N–H and O–H groups in total. The van der Waals surface area contributed by atoms with E-state index in [-0.39, 0.29) is 12.1 Å². The number of nitro groups is 2. The number of hydrogen-bond donors (Lipinski definition) is 1. The molecule has 0 aliphatic rings. The highest BCUT2D eigenvalue weighted by Gasteiger charge is 2.29. The van der Waals surface area contributed by atoms with E-state index in [2.05, 4.69) is 0 Å². The first-order chi connectivity index (χ1) is 7.97. The maximum absolute atomic E-state index is 10.7. The van der Waals surface area contributed by atoms with E-state index in [9.17, 15) is 25.3 Å². The molecule has 0 aliphatic carbocycles. The summed E-state index contributed by atoms with van der Waals surface area (Å²) in [6, 6.07) is 3.98. The van der Waals surface area contributed by atoms with Crippen molar-refractivity contribution in [2.45, 2.75) is 25.5 Å². The van der Waals surface area contributed by atoms with Crippen molar-refractivity contribution in [2.75, 3.05) is 0 Å². The van der Waals surface area contributed by atoms with Crippen molar-refractivity contribution in [1.82, 2.24) is 0 Å². The monoisotopic (exact) mass is 240 g/mol. The minimum Gasteiger partial charge on any atom is -0.381 e. The molecule has 0 aromatic heterocycles. The zero-order valence-corrected chi connectivity index (χ0v) is 9.15. The summed E-state index contributed by atoms with van der Waals surface area (Å²) in [7, 11) is 0. The van der Waals surface area contributed by atoms with Gasteiger partial charge in [0, 0.05) is 23.5 Å². The van der Waals surface area contributed by atoms with E-state index in [0.29, 0.717) is 5.56 Å². The van der Waals surface area contributed by atoms with Crippen molar-refractivity contribution in [3.8, 4) is 0 Å². The molecule has 0 saturated heterocycles. The number of aliphatic hydroxyl groups is 1. The number of nitrogens with zero attached hydrogens (tertiary/aromatic N) is 2. The first kappa shape index (κ1) is 13.0. The molecule has 0 spiro atoms. The van der Waals surface area contributed by atoms with Crippen LogP contribution in [0.15, 0.2) is 24.3 Å². The summed E-state index contributed by atoms with van der Waals surface area (Å²) in [5.41, 5.74) is 0.189. The van der Waals surface area contributed by atoms with E-state index in [1.165, 1.54) is 24.3 Å². The molecule has 0 heterocycles. The summed E-state index contributed by atoms with van der Waals surface area (Å²) in [4.78, 5) is 20.0. The minimum atomic E-state index is -1.25. The topological polar surface area (TPSA) is 107 Å². The molecule has 0 radical (unpaired) electrons. The van der Waals surface area contributed by atoms with E-state index in [1.54, 1.807) is 6.92 Å². The van der Waals surface area contributed by atoms with Crippen LogP contribution in [0.2, 0.25) is 0 Å². The van der Waals surface area contributed by atoms with E-state index < -0.39 is 22.0 Å². The van der Waals surface area contributed by atoms with Crippen molar-refractivity contribution >= 4 is 5.69 Å². The van der Waals surface area contributed by atoms with Crippen molar-refractivity contribution in [3.05, 3.63) is 50.1 Å². The molecule has 1 aromatic rings. The van der Waals surface area contributed by atoms with Gasteiger partial charge in [0.15, 0.2) is 0 Å². The van der Waals surface area contributed by atoms with Crippen molar-refractivity contribution < 1.29 is 15.0 Å². The van der Waals surface area contributed by atoms with Gasteiger partial charge in [-0.3, -0.25) is 20.2 Å². The largest absolute Gasteiger partial charge is 0.381 e. The fourth-order valence-corrected chi connectivity index (χ4v) is 1.50. The van der Waals surface area contributed by atoms with Crippen molar-refractivity contribution in [2.24, 2.45) is 0 Å². The first-order valence-corrected chi connectivity index (χ1v) is 5.03. The van der Waals surface area contributed by atoms with Gasteiger partial charge in [0.05, 0.1) is 4.92 Å². The van der Waals surface area contributed by atoms with Gasteiger partial charge in [0.2, 0.25) is 6.04 Å². The minimum absolute atomic E-state index is 0.116. The Hall–Kier alpha value is -2.02. The Balaban J connectivity index is 2.92. The lowest BCUT2D eigenvalue weighted by molar-refractivity contribution is -0.536. The summed E-state index contributed by atoms with van der Waals surface area (Å²) >= 11 is 0. The molecule has 0 unspecified atom stereocenters.